The highest BCUT2D eigenvalue weighted by Crippen LogP contribution is 2.26. The third-order valence-electron chi connectivity index (χ3n) is 3.44. The highest BCUT2D eigenvalue weighted by Gasteiger charge is 2.38. The molecule has 1 rings (SSSR count). The van der Waals surface area contributed by atoms with Crippen molar-refractivity contribution in [1.29, 1.82) is 0 Å². The highest BCUT2D eigenvalue weighted by atomic mass is 35.5. The van der Waals surface area contributed by atoms with Crippen molar-refractivity contribution in [3.05, 3.63) is 29.3 Å². The van der Waals surface area contributed by atoms with Crippen molar-refractivity contribution in [3.63, 3.8) is 0 Å². The van der Waals surface area contributed by atoms with Crippen LogP contribution in [0.5, 0.6) is 5.75 Å². The van der Waals surface area contributed by atoms with Crippen molar-refractivity contribution < 1.29 is 19.4 Å². The second kappa shape index (κ2) is 6.80. The van der Waals surface area contributed by atoms with Crippen LogP contribution in [0.4, 0.5) is 0 Å². The first-order valence-electron chi connectivity index (χ1n) is 6.64. The van der Waals surface area contributed by atoms with E-state index in [0.717, 1.165) is 0 Å². The van der Waals surface area contributed by atoms with E-state index in [-0.39, 0.29) is 0 Å². The summed E-state index contributed by atoms with van der Waals surface area (Å²) in [7, 11) is 1.45. The van der Waals surface area contributed by atoms with E-state index in [9.17, 15) is 14.7 Å². The van der Waals surface area contributed by atoms with Gasteiger partial charge < -0.3 is 14.7 Å². The molecule has 0 fully saturated rings. The summed E-state index contributed by atoms with van der Waals surface area (Å²) in [6.45, 7) is 4.73. The fourth-order valence-electron chi connectivity index (χ4n) is 1.64. The number of carbonyl (C=O) groups excluding carboxylic acids is 1. The summed E-state index contributed by atoms with van der Waals surface area (Å²) in [4.78, 5) is 24.9. The average Bonchev–Trinajstić information content (AvgIpc) is 2.44. The predicted molar refractivity (Wildman–Crippen MR) is 80.6 cm³/mol. The Bertz CT molecular complexity index is 530. The molecule has 0 aliphatic heterocycles. The monoisotopic (exact) mass is 313 g/mol. The van der Waals surface area contributed by atoms with Gasteiger partial charge in [0.25, 0.3) is 5.91 Å². The fraction of sp³-hybridized carbons (Fsp3) is 0.467. The number of benzene rings is 1. The molecule has 0 aliphatic carbocycles. The Labute approximate surface area is 129 Å². The van der Waals surface area contributed by atoms with Crippen molar-refractivity contribution in [2.24, 2.45) is 0 Å². The Morgan fingerprint density at radius 1 is 1.38 bits per heavy atom. The molecule has 0 saturated carbocycles. The molecule has 0 heterocycles. The molecular weight excluding hydrogens is 294 g/mol. The molecule has 0 aromatic heterocycles. The number of carboxylic acids is 1. The number of para-hydroxylation sites is 1. The lowest BCUT2D eigenvalue weighted by Gasteiger charge is -2.34. The summed E-state index contributed by atoms with van der Waals surface area (Å²) in [5.74, 6) is -1.07. The quantitative estimate of drug-likeness (QED) is 0.877. The van der Waals surface area contributed by atoms with Crippen LogP contribution in [-0.4, -0.2) is 40.6 Å². The highest BCUT2D eigenvalue weighted by molar-refractivity contribution is 6.32. The Balaban J connectivity index is 2.93. The van der Waals surface area contributed by atoms with Crippen LogP contribution < -0.4 is 4.74 Å². The van der Waals surface area contributed by atoms with Crippen LogP contribution in [0.3, 0.4) is 0 Å². The number of hydrogen-bond acceptors (Lipinski definition) is 3. The number of aliphatic carboxylic acids is 1. The van der Waals surface area contributed by atoms with Gasteiger partial charge in [-0.1, -0.05) is 30.7 Å². The molecule has 1 amide bonds. The SMILES string of the molecule is CCC(Oc1ccccc1Cl)C(=O)N(C)C(C)(C)C(=O)O. The first-order valence-corrected chi connectivity index (χ1v) is 7.01. The van der Waals surface area contributed by atoms with Crippen molar-refractivity contribution in [2.45, 2.75) is 38.8 Å². The zero-order valence-corrected chi connectivity index (χ0v) is 13.3. The molecule has 5 nitrogen and oxygen atoms in total. The van der Waals surface area contributed by atoms with E-state index >= 15 is 0 Å². The summed E-state index contributed by atoms with van der Waals surface area (Å²) in [6.07, 6.45) is -0.377. The molecule has 1 N–H and O–H groups in total. The number of rotatable bonds is 6. The van der Waals surface area contributed by atoms with Crippen LogP contribution in [0.2, 0.25) is 5.02 Å². The van der Waals surface area contributed by atoms with Gasteiger partial charge in [-0.3, -0.25) is 4.79 Å². The maximum Gasteiger partial charge on any atom is 0.329 e. The standard InChI is InChI=1S/C15H20ClNO4/c1-5-11(21-12-9-7-6-8-10(12)16)13(18)17(4)15(2,3)14(19)20/h6-9,11H,5H2,1-4H3,(H,19,20). The second-order valence-corrected chi connectivity index (χ2v) is 5.61. The average molecular weight is 314 g/mol. The van der Waals surface area contributed by atoms with E-state index in [1.54, 1.807) is 31.2 Å². The van der Waals surface area contributed by atoms with Crippen molar-refractivity contribution in [1.82, 2.24) is 4.90 Å². The molecule has 0 saturated heterocycles. The van der Waals surface area contributed by atoms with E-state index in [1.165, 1.54) is 25.8 Å². The van der Waals surface area contributed by atoms with Gasteiger partial charge in [-0.05, 0) is 32.4 Å². The maximum atomic E-state index is 12.4. The van der Waals surface area contributed by atoms with E-state index in [4.69, 9.17) is 16.3 Å². The smallest absolute Gasteiger partial charge is 0.329 e. The molecule has 0 aliphatic rings. The van der Waals surface area contributed by atoms with Crippen LogP contribution >= 0.6 is 11.6 Å². The van der Waals surface area contributed by atoms with E-state index in [0.29, 0.717) is 17.2 Å². The molecule has 0 radical (unpaired) electrons. The Hall–Kier alpha value is -1.75. The third-order valence-corrected chi connectivity index (χ3v) is 3.76. The largest absolute Gasteiger partial charge is 0.480 e. The van der Waals surface area contributed by atoms with Gasteiger partial charge in [0.1, 0.15) is 11.3 Å². The molecule has 21 heavy (non-hydrogen) atoms. The van der Waals surface area contributed by atoms with Crippen molar-refractivity contribution in [2.75, 3.05) is 7.05 Å². The van der Waals surface area contributed by atoms with E-state index in [2.05, 4.69) is 0 Å². The first kappa shape index (κ1) is 17.3. The minimum Gasteiger partial charge on any atom is -0.480 e. The van der Waals surface area contributed by atoms with Crippen LogP contribution in [0.15, 0.2) is 24.3 Å². The van der Waals surface area contributed by atoms with Gasteiger partial charge in [-0.25, -0.2) is 4.79 Å². The first-order chi connectivity index (χ1) is 9.71. The molecule has 116 valence electrons. The Kier molecular flexibility index (Phi) is 5.61. The van der Waals surface area contributed by atoms with E-state index < -0.39 is 23.5 Å². The minimum absolute atomic E-state index is 0.398. The zero-order chi connectivity index (χ0) is 16.2. The van der Waals surface area contributed by atoms with Gasteiger partial charge in [-0.15, -0.1) is 0 Å². The van der Waals surface area contributed by atoms with Crippen LogP contribution in [0, 0.1) is 0 Å². The molecule has 1 unspecified atom stereocenters. The Morgan fingerprint density at radius 2 is 1.95 bits per heavy atom. The van der Waals surface area contributed by atoms with Crippen LogP contribution in [0.1, 0.15) is 27.2 Å². The molecule has 6 heteroatoms. The molecule has 0 bridgehead atoms. The zero-order valence-electron chi connectivity index (χ0n) is 12.6. The molecule has 1 aromatic carbocycles. The number of amides is 1. The van der Waals surface area contributed by atoms with Gasteiger partial charge in [0, 0.05) is 7.05 Å². The number of nitrogens with zero attached hydrogens (tertiary/aromatic N) is 1. The van der Waals surface area contributed by atoms with Crippen molar-refractivity contribution in [3.8, 4) is 5.75 Å². The summed E-state index contributed by atoms with van der Waals surface area (Å²) >= 11 is 6.01. The molecule has 0 spiro atoms. The lowest BCUT2D eigenvalue weighted by atomic mass is 10.0. The number of halogens is 1. The fourth-order valence-corrected chi connectivity index (χ4v) is 1.82. The van der Waals surface area contributed by atoms with Gasteiger partial charge >= 0.3 is 5.97 Å². The number of carboxylic acid groups (broad SMARTS) is 1. The molecular formula is C15H20ClNO4. The van der Waals surface area contributed by atoms with Gasteiger partial charge in [0.2, 0.25) is 0 Å². The van der Waals surface area contributed by atoms with Crippen LogP contribution in [-0.2, 0) is 9.59 Å². The van der Waals surface area contributed by atoms with Gasteiger partial charge in [0.15, 0.2) is 6.10 Å². The lowest BCUT2D eigenvalue weighted by molar-refractivity contribution is -0.158. The summed E-state index contributed by atoms with van der Waals surface area (Å²) in [6, 6.07) is 6.85. The molecule has 1 aromatic rings. The number of hydrogen-bond donors (Lipinski definition) is 1. The molecule has 1 atom stereocenters. The van der Waals surface area contributed by atoms with Crippen LogP contribution in [0.25, 0.3) is 0 Å². The second-order valence-electron chi connectivity index (χ2n) is 5.21. The maximum absolute atomic E-state index is 12.4. The van der Waals surface area contributed by atoms with Gasteiger partial charge in [-0.2, -0.15) is 0 Å². The van der Waals surface area contributed by atoms with E-state index in [1.807, 2.05) is 0 Å². The number of ether oxygens (including phenoxy) is 1. The summed E-state index contributed by atoms with van der Waals surface area (Å²) < 4.78 is 5.64. The minimum atomic E-state index is -1.31. The van der Waals surface area contributed by atoms with Gasteiger partial charge in [0.05, 0.1) is 5.02 Å². The summed E-state index contributed by atoms with van der Waals surface area (Å²) in [5, 5.41) is 9.60. The lowest BCUT2D eigenvalue weighted by Crippen LogP contribution is -2.54. The third kappa shape index (κ3) is 3.88. The Morgan fingerprint density at radius 3 is 2.43 bits per heavy atom. The number of carbonyl (C=O) groups is 2. The normalized spacial score (nSPS) is 12.6. The van der Waals surface area contributed by atoms with Crippen molar-refractivity contribution >= 4 is 23.5 Å². The number of likely N-dealkylation sites (N-methyl/N-ethyl adjacent to an activating group) is 1. The predicted octanol–water partition coefficient (Wildman–Crippen LogP) is 2.82. The topological polar surface area (TPSA) is 66.8 Å². The summed E-state index contributed by atoms with van der Waals surface area (Å²) in [5.41, 5.74) is -1.31.